The maximum Gasteiger partial charge on any atom is 0.126 e. The lowest BCUT2D eigenvalue weighted by Crippen LogP contribution is -2.07. The number of nitrogens with one attached hydrogen (secondary N) is 2. The Morgan fingerprint density at radius 2 is 1.83 bits per heavy atom. The first-order valence-electron chi connectivity index (χ1n) is 7.96. The van der Waals surface area contributed by atoms with Crippen molar-refractivity contribution in [3.05, 3.63) is 66.1 Å². The zero-order valence-corrected chi connectivity index (χ0v) is 13.7. The molecule has 0 bridgehead atoms. The highest BCUT2D eigenvalue weighted by atomic mass is 15.1. The standard InChI is InChI=1S/C19H22N4/c1-13(2)19-17(12-21-23-19)16-9-10-20-18(11-16)22-14(3)15-7-5-4-6-8-15/h4-14H,1-3H3,(H,20,22)(H,21,23). The van der Waals surface area contributed by atoms with Gasteiger partial charge in [0.15, 0.2) is 0 Å². The molecular weight excluding hydrogens is 284 g/mol. The summed E-state index contributed by atoms with van der Waals surface area (Å²) >= 11 is 0. The summed E-state index contributed by atoms with van der Waals surface area (Å²) in [5.41, 5.74) is 4.65. The van der Waals surface area contributed by atoms with Crippen LogP contribution in [-0.4, -0.2) is 15.2 Å². The molecule has 1 unspecified atom stereocenters. The molecule has 0 aliphatic rings. The fourth-order valence-corrected chi connectivity index (χ4v) is 2.69. The second-order valence-electron chi connectivity index (χ2n) is 6.06. The third kappa shape index (κ3) is 3.42. The number of rotatable bonds is 5. The molecule has 0 aliphatic heterocycles. The molecule has 0 saturated carbocycles. The smallest absolute Gasteiger partial charge is 0.126 e. The van der Waals surface area contributed by atoms with Crippen molar-refractivity contribution in [3.63, 3.8) is 0 Å². The molecular formula is C19H22N4. The Balaban J connectivity index is 1.84. The minimum atomic E-state index is 0.202. The summed E-state index contributed by atoms with van der Waals surface area (Å²) in [6.07, 6.45) is 3.72. The Morgan fingerprint density at radius 3 is 2.57 bits per heavy atom. The van der Waals surface area contributed by atoms with E-state index in [9.17, 15) is 0 Å². The number of benzene rings is 1. The topological polar surface area (TPSA) is 53.6 Å². The molecule has 0 fully saturated rings. The summed E-state index contributed by atoms with van der Waals surface area (Å²) in [5, 5.41) is 10.8. The average Bonchev–Trinajstić information content (AvgIpc) is 3.06. The van der Waals surface area contributed by atoms with Crippen molar-refractivity contribution in [3.8, 4) is 11.1 Å². The quantitative estimate of drug-likeness (QED) is 0.714. The van der Waals surface area contributed by atoms with Crippen LogP contribution in [0.3, 0.4) is 0 Å². The van der Waals surface area contributed by atoms with E-state index in [1.165, 1.54) is 5.56 Å². The van der Waals surface area contributed by atoms with Gasteiger partial charge in [-0.2, -0.15) is 5.10 Å². The number of hydrogen-bond donors (Lipinski definition) is 2. The first-order valence-corrected chi connectivity index (χ1v) is 7.96. The van der Waals surface area contributed by atoms with Gasteiger partial charge in [0.05, 0.1) is 6.20 Å². The minimum Gasteiger partial charge on any atom is -0.364 e. The van der Waals surface area contributed by atoms with Gasteiger partial charge < -0.3 is 5.32 Å². The van der Waals surface area contributed by atoms with Gasteiger partial charge in [0.1, 0.15) is 5.82 Å². The summed E-state index contributed by atoms with van der Waals surface area (Å²) in [7, 11) is 0. The van der Waals surface area contributed by atoms with E-state index in [-0.39, 0.29) is 6.04 Å². The van der Waals surface area contributed by atoms with E-state index in [0.29, 0.717) is 5.92 Å². The van der Waals surface area contributed by atoms with Crippen LogP contribution in [0.25, 0.3) is 11.1 Å². The first kappa shape index (κ1) is 15.3. The minimum absolute atomic E-state index is 0.202. The van der Waals surface area contributed by atoms with Crippen LogP contribution in [0.5, 0.6) is 0 Å². The summed E-state index contributed by atoms with van der Waals surface area (Å²) < 4.78 is 0. The number of aromatic nitrogens is 3. The van der Waals surface area contributed by atoms with Crippen molar-refractivity contribution in [2.45, 2.75) is 32.7 Å². The molecule has 0 amide bonds. The predicted octanol–water partition coefficient (Wildman–Crippen LogP) is 4.77. The number of pyridine rings is 1. The van der Waals surface area contributed by atoms with E-state index in [4.69, 9.17) is 0 Å². The van der Waals surface area contributed by atoms with Gasteiger partial charge in [0, 0.05) is 23.5 Å². The van der Waals surface area contributed by atoms with Gasteiger partial charge in [0.25, 0.3) is 0 Å². The molecule has 0 radical (unpaired) electrons. The van der Waals surface area contributed by atoms with Gasteiger partial charge in [-0.3, -0.25) is 5.10 Å². The van der Waals surface area contributed by atoms with E-state index in [1.807, 2.05) is 24.5 Å². The molecule has 118 valence electrons. The Kier molecular flexibility index (Phi) is 4.42. The van der Waals surface area contributed by atoms with Crippen molar-refractivity contribution in [1.82, 2.24) is 15.2 Å². The molecule has 4 heteroatoms. The summed E-state index contributed by atoms with van der Waals surface area (Å²) in [4.78, 5) is 4.45. The number of anilines is 1. The van der Waals surface area contributed by atoms with Crippen LogP contribution < -0.4 is 5.32 Å². The molecule has 3 rings (SSSR count). The van der Waals surface area contributed by atoms with Crippen LogP contribution in [0.2, 0.25) is 0 Å². The van der Waals surface area contributed by atoms with E-state index >= 15 is 0 Å². The van der Waals surface area contributed by atoms with Crippen LogP contribution in [-0.2, 0) is 0 Å². The molecule has 0 saturated heterocycles. The van der Waals surface area contributed by atoms with Gasteiger partial charge in [-0.15, -0.1) is 0 Å². The first-order chi connectivity index (χ1) is 11.1. The van der Waals surface area contributed by atoms with Gasteiger partial charge >= 0.3 is 0 Å². The van der Waals surface area contributed by atoms with E-state index in [2.05, 4.69) is 71.6 Å². The largest absolute Gasteiger partial charge is 0.364 e. The third-order valence-electron chi connectivity index (χ3n) is 3.98. The van der Waals surface area contributed by atoms with E-state index in [1.54, 1.807) is 0 Å². The molecule has 2 N–H and O–H groups in total. The van der Waals surface area contributed by atoms with Crippen molar-refractivity contribution < 1.29 is 0 Å². The monoisotopic (exact) mass is 306 g/mol. The lowest BCUT2D eigenvalue weighted by atomic mass is 10.0. The van der Waals surface area contributed by atoms with Crippen LogP contribution in [0.4, 0.5) is 5.82 Å². The van der Waals surface area contributed by atoms with Gasteiger partial charge in [-0.05, 0) is 36.1 Å². The van der Waals surface area contributed by atoms with E-state index < -0.39 is 0 Å². The lowest BCUT2D eigenvalue weighted by molar-refractivity contribution is 0.812. The zero-order chi connectivity index (χ0) is 16.2. The molecule has 3 aromatic rings. The molecule has 1 atom stereocenters. The second kappa shape index (κ2) is 6.65. The second-order valence-corrected chi connectivity index (χ2v) is 6.06. The average molecular weight is 306 g/mol. The highest BCUT2D eigenvalue weighted by Crippen LogP contribution is 2.29. The Bertz CT molecular complexity index is 762. The maximum atomic E-state index is 4.45. The highest BCUT2D eigenvalue weighted by Gasteiger charge is 2.12. The highest BCUT2D eigenvalue weighted by molar-refractivity contribution is 5.68. The number of hydrogen-bond acceptors (Lipinski definition) is 3. The number of nitrogens with zero attached hydrogens (tertiary/aromatic N) is 2. The van der Waals surface area contributed by atoms with Gasteiger partial charge in [-0.25, -0.2) is 4.98 Å². The Labute approximate surface area is 137 Å². The lowest BCUT2D eigenvalue weighted by Gasteiger charge is -2.15. The molecule has 1 aromatic carbocycles. The SMILES string of the molecule is CC(C)c1[nH]ncc1-c1ccnc(NC(C)c2ccccc2)c1. The van der Waals surface area contributed by atoms with Crippen molar-refractivity contribution >= 4 is 5.82 Å². The van der Waals surface area contributed by atoms with E-state index in [0.717, 1.165) is 22.6 Å². The molecule has 4 nitrogen and oxygen atoms in total. The Morgan fingerprint density at radius 1 is 1.04 bits per heavy atom. The molecule has 0 aliphatic carbocycles. The van der Waals surface area contributed by atoms with Crippen molar-refractivity contribution in [2.75, 3.05) is 5.32 Å². The molecule has 2 heterocycles. The van der Waals surface area contributed by atoms with Gasteiger partial charge in [-0.1, -0.05) is 44.2 Å². The van der Waals surface area contributed by atoms with Gasteiger partial charge in [0.2, 0.25) is 0 Å². The number of H-pyrrole nitrogens is 1. The fraction of sp³-hybridized carbons (Fsp3) is 0.263. The normalized spacial score (nSPS) is 12.3. The predicted molar refractivity (Wildman–Crippen MR) is 94.4 cm³/mol. The molecule has 0 spiro atoms. The fourth-order valence-electron chi connectivity index (χ4n) is 2.69. The summed E-state index contributed by atoms with van der Waals surface area (Å²) in [6, 6.07) is 14.7. The third-order valence-corrected chi connectivity index (χ3v) is 3.98. The summed E-state index contributed by atoms with van der Waals surface area (Å²) in [6.45, 7) is 6.46. The maximum absolute atomic E-state index is 4.45. The van der Waals surface area contributed by atoms with Crippen molar-refractivity contribution in [1.29, 1.82) is 0 Å². The summed E-state index contributed by atoms with van der Waals surface area (Å²) in [5.74, 6) is 1.27. The van der Waals surface area contributed by atoms with Crippen LogP contribution >= 0.6 is 0 Å². The number of aromatic amines is 1. The van der Waals surface area contributed by atoms with Crippen LogP contribution in [0.15, 0.2) is 54.9 Å². The van der Waals surface area contributed by atoms with Crippen LogP contribution in [0.1, 0.15) is 44.0 Å². The van der Waals surface area contributed by atoms with Crippen LogP contribution in [0, 0.1) is 0 Å². The molecule has 2 aromatic heterocycles. The Hall–Kier alpha value is -2.62. The van der Waals surface area contributed by atoms with Crippen molar-refractivity contribution in [2.24, 2.45) is 0 Å². The zero-order valence-electron chi connectivity index (χ0n) is 13.7. The molecule has 23 heavy (non-hydrogen) atoms.